The summed E-state index contributed by atoms with van der Waals surface area (Å²) in [4.78, 5) is 0. The van der Waals surface area contributed by atoms with Crippen LogP contribution in [0.15, 0.2) is 46.9 Å². The van der Waals surface area contributed by atoms with Crippen LogP contribution in [-0.2, 0) is 6.54 Å². The Morgan fingerprint density at radius 2 is 1.95 bits per heavy atom. The lowest BCUT2D eigenvalue weighted by Crippen LogP contribution is -2.10. The molecule has 2 aromatic carbocycles. The van der Waals surface area contributed by atoms with Gasteiger partial charge in [0.25, 0.3) is 0 Å². The minimum absolute atomic E-state index is 0.140. The SMILES string of the molecule is COc1cc(CN)cc(Br)c1OCC(O)c1ccccc1. The summed E-state index contributed by atoms with van der Waals surface area (Å²) in [5, 5.41) is 10.1. The van der Waals surface area contributed by atoms with Crippen LogP contribution in [0.25, 0.3) is 0 Å². The topological polar surface area (TPSA) is 64.7 Å². The molecule has 4 nitrogen and oxygen atoms in total. The van der Waals surface area contributed by atoms with Crippen molar-refractivity contribution in [1.82, 2.24) is 0 Å². The highest BCUT2D eigenvalue weighted by atomic mass is 79.9. The quantitative estimate of drug-likeness (QED) is 0.839. The largest absolute Gasteiger partial charge is 0.493 e. The van der Waals surface area contributed by atoms with Crippen LogP contribution in [0, 0.1) is 0 Å². The summed E-state index contributed by atoms with van der Waals surface area (Å²) < 4.78 is 11.8. The highest BCUT2D eigenvalue weighted by Crippen LogP contribution is 2.37. The third kappa shape index (κ3) is 3.97. The van der Waals surface area contributed by atoms with Crippen molar-refractivity contribution >= 4 is 15.9 Å². The van der Waals surface area contributed by atoms with Gasteiger partial charge >= 0.3 is 0 Å². The predicted octanol–water partition coefficient (Wildman–Crippen LogP) is 3.03. The number of ether oxygens (including phenoxy) is 2. The van der Waals surface area contributed by atoms with Crippen LogP contribution in [0.5, 0.6) is 11.5 Å². The maximum absolute atomic E-state index is 10.1. The molecule has 1 atom stereocenters. The summed E-state index contributed by atoms with van der Waals surface area (Å²) in [6.07, 6.45) is -0.697. The third-order valence-electron chi connectivity index (χ3n) is 3.09. The fraction of sp³-hybridized carbons (Fsp3) is 0.250. The Morgan fingerprint density at radius 1 is 1.24 bits per heavy atom. The van der Waals surface area contributed by atoms with Gasteiger partial charge in [0.1, 0.15) is 12.7 Å². The molecule has 0 bridgehead atoms. The average molecular weight is 352 g/mol. The third-order valence-corrected chi connectivity index (χ3v) is 3.68. The molecular formula is C16H18BrNO3. The molecule has 0 aliphatic heterocycles. The van der Waals surface area contributed by atoms with Gasteiger partial charge in [0.2, 0.25) is 0 Å². The van der Waals surface area contributed by atoms with Crippen molar-refractivity contribution in [3.8, 4) is 11.5 Å². The molecule has 0 aliphatic rings. The molecule has 0 amide bonds. The van der Waals surface area contributed by atoms with Crippen molar-refractivity contribution in [1.29, 1.82) is 0 Å². The molecule has 1 unspecified atom stereocenters. The maximum Gasteiger partial charge on any atom is 0.175 e. The number of aliphatic hydroxyl groups is 1. The molecule has 0 aromatic heterocycles. The second-order valence-electron chi connectivity index (χ2n) is 4.55. The summed E-state index contributed by atoms with van der Waals surface area (Å²) in [5.41, 5.74) is 7.38. The van der Waals surface area contributed by atoms with Gasteiger partial charge in [-0.3, -0.25) is 0 Å². The van der Waals surface area contributed by atoms with Gasteiger partial charge in [-0.15, -0.1) is 0 Å². The molecule has 0 heterocycles. The van der Waals surface area contributed by atoms with Gasteiger partial charge in [0.15, 0.2) is 11.5 Å². The van der Waals surface area contributed by atoms with Crippen molar-refractivity contribution in [2.24, 2.45) is 5.73 Å². The van der Waals surface area contributed by atoms with Gasteiger partial charge in [-0.2, -0.15) is 0 Å². The van der Waals surface area contributed by atoms with E-state index in [1.165, 1.54) is 0 Å². The van der Waals surface area contributed by atoms with Gasteiger partial charge in [-0.1, -0.05) is 30.3 Å². The number of halogens is 1. The highest BCUT2D eigenvalue weighted by Gasteiger charge is 2.14. The van der Waals surface area contributed by atoms with Crippen LogP contribution in [-0.4, -0.2) is 18.8 Å². The Labute approximate surface area is 132 Å². The lowest BCUT2D eigenvalue weighted by atomic mass is 10.1. The molecule has 5 heteroatoms. The number of hydrogen-bond donors (Lipinski definition) is 2. The highest BCUT2D eigenvalue weighted by molar-refractivity contribution is 9.10. The second kappa shape index (κ2) is 7.45. The van der Waals surface area contributed by atoms with Gasteiger partial charge in [0, 0.05) is 6.54 Å². The first-order valence-corrected chi connectivity index (χ1v) is 7.37. The lowest BCUT2D eigenvalue weighted by Gasteiger charge is -2.16. The maximum atomic E-state index is 10.1. The van der Waals surface area contributed by atoms with Crippen molar-refractivity contribution in [2.75, 3.05) is 13.7 Å². The molecule has 21 heavy (non-hydrogen) atoms. The number of benzene rings is 2. The fourth-order valence-electron chi connectivity index (χ4n) is 1.96. The van der Waals surface area contributed by atoms with E-state index in [0.717, 1.165) is 15.6 Å². The Kier molecular flexibility index (Phi) is 5.61. The number of nitrogens with two attached hydrogens (primary N) is 1. The van der Waals surface area contributed by atoms with E-state index < -0.39 is 6.10 Å². The molecule has 112 valence electrons. The molecule has 3 N–H and O–H groups in total. The first kappa shape index (κ1) is 15.8. The van der Waals surface area contributed by atoms with Crippen LogP contribution >= 0.6 is 15.9 Å². The summed E-state index contributed by atoms with van der Waals surface area (Å²) in [6, 6.07) is 13.1. The average Bonchev–Trinajstić information content (AvgIpc) is 2.53. The van der Waals surface area contributed by atoms with E-state index in [-0.39, 0.29) is 6.61 Å². The van der Waals surface area contributed by atoms with E-state index in [0.29, 0.717) is 18.0 Å². The zero-order valence-electron chi connectivity index (χ0n) is 11.8. The molecule has 0 fully saturated rings. The van der Waals surface area contributed by atoms with Gasteiger partial charge < -0.3 is 20.3 Å². The zero-order valence-corrected chi connectivity index (χ0v) is 13.3. The van der Waals surface area contributed by atoms with Gasteiger partial charge in [-0.25, -0.2) is 0 Å². The number of methoxy groups -OCH3 is 1. The van der Waals surface area contributed by atoms with Crippen molar-refractivity contribution in [2.45, 2.75) is 12.6 Å². The molecule has 2 rings (SSSR count). The monoisotopic (exact) mass is 351 g/mol. The minimum atomic E-state index is -0.697. The van der Waals surface area contributed by atoms with Gasteiger partial charge in [0.05, 0.1) is 11.6 Å². The van der Waals surface area contributed by atoms with Crippen molar-refractivity contribution < 1.29 is 14.6 Å². The van der Waals surface area contributed by atoms with E-state index in [4.69, 9.17) is 15.2 Å². The van der Waals surface area contributed by atoms with E-state index in [1.54, 1.807) is 7.11 Å². The molecular weight excluding hydrogens is 334 g/mol. The molecule has 2 aromatic rings. The van der Waals surface area contributed by atoms with E-state index in [2.05, 4.69) is 15.9 Å². The van der Waals surface area contributed by atoms with Crippen molar-refractivity contribution in [3.05, 3.63) is 58.1 Å². The molecule has 0 saturated heterocycles. The van der Waals surface area contributed by atoms with E-state index in [9.17, 15) is 5.11 Å². The fourth-order valence-corrected chi connectivity index (χ4v) is 2.57. The standard InChI is InChI=1S/C16H18BrNO3/c1-20-15-8-11(9-18)7-13(17)16(15)21-10-14(19)12-5-3-2-4-6-12/h2-8,14,19H,9-10,18H2,1H3. The number of hydrogen-bond acceptors (Lipinski definition) is 4. The minimum Gasteiger partial charge on any atom is -0.493 e. The number of aliphatic hydroxyl groups excluding tert-OH is 1. The zero-order chi connectivity index (χ0) is 15.2. The number of rotatable bonds is 6. The Morgan fingerprint density at radius 3 is 2.57 bits per heavy atom. The van der Waals surface area contributed by atoms with Crippen LogP contribution in [0.3, 0.4) is 0 Å². The summed E-state index contributed by atoms with van der Waals surface area (Å²) in [7, 11) is 1.57. The first-order valence-electron chi connectivity index (χ1n) is 6.58. The Balaban J connectivity index is 2.13. The molecule has 0 saturated carbocycles. The first-order chi connectivity index (χ1) is 10.2. The smallest absolute Gasteiger partial charge is 0.175 e. The molecule has 0 radical (unpaired) electrons. The van der Waals surface area contributed by atoms with Crippen LogP contribution in [0.1, 0.15) is 17.2 Å². The predicted molar refractivity (Wildman–Crippen MR) is 85.5 cm³/mol. The molecule has 0 spiro atoms. The summed E-state index contributed by atoms with van der Waals surface area (Å²) in [5.74, 6) is 1.15. The van der Waals surface area contributed by atoms with E-state index >= 15 is 0 Å². The van der Waals surface area contributed by atoms with Crippen LogP contribution in [0.2, 0.25) is 0 Å². The van der Waals surface area contributed by atoms with Crippen LogP contribution in [0.4, 0.5) is 0 Å². The van der Waals surface area contributed by atoms with E-state index in [1.807, 2.05) is 42.5 Å². The van der Waals surface area contributed by atoms with Crippen LogP contribution < -0.4 is 15.2 Å². The summed E-state index contributed by atoms with van der Waals surface area (Å²) in [6.45, 7) is 0.558. The molecule has 0 aliphatic carbocycles. The lowest BCUT2D eigenvalue weighted by molar-refractivity contribution is 0.106. The second-order valence-corrected chi connectivity index (χ2v) is 5.40. The van der Waals surface area contributed by atoms with Gasteiger partial charge in [-0.05, 0) is 39.2 Å². The summed E-state index contributed by atoms with van der Waals surface area (Å²) >= 11 is 3.44. The van der Waals surface area contributed by atoms with Crippen molar-refractivity contribution in [3.63, 3.8) is 0 Å². The Hall–Kier alpha value is -1.56. The normalized spacial score (nSPS) is 12.0. The Bertz CT molecular complexity index is 590.